The summed E-state index contributed by atoms with van der Waals surface area (Å²) in [4.78, 5) is 16.2. The molecule has 0 bridgehead atoms. The maximum atomic E-state index is 13.4. The lowest BCUT2D eigenvalue weighted by Gasteiger charge is -2.20. The molecule has 8 heteroatoms. The van der Waals surface area contributed by atoms with E-state index in [1.54, 1.807) is 34.6 Å². The Balaban J connectivity index is 1.36. The molecule has 2 aliphatic heterocycles. The second-order valence-electron chi connectivity index (χ2n) is 8.70. The van der Waals surface area contributed by atoms with Gasteiger partial charge in [0.1, 0.15) is 11.9 Å². The SMILES string of the molecule is C=C(CN1Cc2c(-c3ccc4[nH]nc(-c5cccs5)c4c3)ccc(N)c2C1=O)C1=CC(O)NC=C1. The Bertz CT molecular complexity index is 1550. The maximum absolute atomic E-state index is 13.4. The molecule has 7 nitrogen and oxygen atoms in total. The molecule has 174 valence electrons. The van der Waals surface area contributed by atoms with Gasteiger partial charge in [0.25, 0.3) is 5.91 Å². The van der Waals surface area contributed by atoms with Crippen LogP contribution in [0.1, 0.15) is 15.9 Å². The quantitative estimate of drug-likeness (QED) is 0.316. The normalized spacial score (nSPS) is 16.9. The van der Waals surface area contributed by atoms with Gasteiger partial charge in [-0.15, -0.1) is 11.3 Å². The highest BCUT2D eigenvalue weighted by atomic mass is 32.1. The number of benzene rings is 2. The molecule has 1 atom stereocenters. The molecule has 5 N–H and O–H groups in total. The number of allylic oxidation sites excluding steroid dienone is 1. The van der Waals surface area contributed by atoms with Gasteiger partial charge in [-0.1, -0.05) is 24.8 Å². The summed E-state index contributed by atoms with van der Waals surface area (Å²) in [7, 11) is 0. The van der Waals surface area contributed by atoms with Crippen molar-refractivity contribution in [3.05, 3.63) is 95.0 Å². The molecule has 2 aliphatic rings. The third-order valence-corrected chi connectivity index (χ3v) is 7.36. The van der Waals surface area contributed by atoms with Crippen molar-refractivity contribution in [1.29, 1.82) is 0 Å². The van der Waals surface area contributed by atoms with Crippen molar-refractivity contribution in [2.24, 2.45) is 0 Å². The molecule has 2 aromatic heterocycles. The van der Waals surface area contributed by atoms with Gasteiger partial charge < -0.3 is 21.1 Å². The lowest BCUT2D eigenvalue weighted by atomic mass is 9.94. The first kappa shape index (κ1) is 21.4. The Kier molecular flexibility index (Phi) is 5.05. The largest absolute Gasteiger partial charge is 0.398 e. The van der Waals surface area contributed by atoms with E-state index < -0.39 is 6.23 Å². The number of H-pyrrole nitrogens is 1. The molecule has 0 aliphatic carbocycles. The number of thiophene rings is 1. The number of nitrogens with zero attached hydrogens (tertiary/aromatic N) is 2. The molecule has 4 heterocycles. The standard InChI is InChI=1S/C27H23N5O2S/c1-15(16-8-9-29-24(33)12-16)13-32-14-20-18(5-6-21(28)25(20)27(32)34)17-4-7-22-19(11-17)26(31-30-22)23-3-2-10-35-23/h2-12,24,29,33H,1,13-14,28H2,(H,30,31). The number of amides is 1. The first-order valence-corrected chi connectivity index (χ1v) is 12.1. The Labute approximate surface area is 205 Å². The second-order valence-corrected chi connectivity index (χ2v) is 9.65. The second kappa shape index (κ2) is 8.26. The molecule has 0 radical (unpaired) electrons. The predicted octanol–water partition coefficient (Wildman–Crippen LogP) is 4.41. The monoisotopic (exact) mass is 481 g/mol. The van der Waals surface area contributed by atoms with Gasteiger partial charge in [-0.3, -0.25) is 9.89 Å². The average Bonchev–Trinajstić information content (AvgIpc) is 3.59. The van der Waals surface area contributed by atoms with E-state index in [4.69, 9.17) is 5.73 Å². The van der Waals surface area contributed by atoms with Crippen LogP contribution in [-0.2, 0) is 6.54 Å². The number of nitrogens with one attached hydrogen (secondary N) is 2. The molecule has 1 amide bonds. The van der Waals surface area contributed by atoms with Gasteiger partial charge in [-0.05, 0) is 75.8 Å². The minimum absolute atomic E-state index is 0.108. The Hall–Kier alpha value is -4.14. The zero-order valence-electron chi connectivity index (χ0n) is 18.8. The van der Waals surface area contributed by atoms with E-state index in [-0.39, 0.29) is 5.91 Å². The number of aromatic amines is 1. The van der Waals surface area contributed by atoms with Crippen LogP contribution < -0.4 is 11.1 Å². The zero-order chi connectivity index (χ0) is 24.1. The first-order valence-electron chi connectivity index (χ1n) is 11.2. The smallest absolute Gasteiger partial charge is 0.256 e. The van der Waals surface area contributed by atoms with Gasteiger partial charge in [0, 0.05) is 24.2 Å². The number of aromatic nitrogens is 2. The molecule has 0 spiro atoms. The van der Waals surface area contributed by atoms with E-state index >= 15 is 0 Å². The van der Waals surface area contributed by atoms with Gasteiger partial charge in [0.05, 0.1) is 16.0 Å². The third-order valence-electron chi connectivity index (χ3n) is 6.48. The summed E-state index contributed by atoms with van der Waals surface area (Å²) in [5.41, 5.74) is 13.6. The van der Waals surface area contributed by atoms with Crippen LogP contribution in [0.4, 0.5) is 5.69 Å². The van der Waals surface area contributed by atoms with Gasteiger partial charge in [-0.2, -0.15) is 5.10 Å². The molecular formula is C27H23N5O2S. The molecule has 35 heavy (non-hydrogen) atoms. The predicted molar refractivity (Wildman–Crippen MR) is 140 cm³/mol. The van der Waals surface area contributed by atoms with Crippen molar-refractivity contribution in [3.63, 3.8) is 0 Å². The molecular weight excluding hydrogens is 458 g/mol. The number of carbonyl (C=O) groups is 1. The fourth-order valence-electron chi connectivity index (χ4n) is 4.75. The highest BCUT2D eigenvalue weighted by Gasteiger charge is 2.32. The van der Waals surface area contributed by atoms with E-state index in [2.05, 4.69) is 34.2 Å². The number of anilines is 1. The number of hydrogen-bond donors (Lipinski definition) is 4. The third kappa shape index (κ3) is 3.63. The van der Waals surface area contributed by atoms with Crippen LogP contribution in [0, 0.1) is 0 Å². The van der Waals surface area contributed by atoms with E-state index in [0.717, 1.165) is 49.3 Å². The molecule has 0 saturated carbocycles. The number of rotatable bonds is 5. The summed E-state index contributed by atoms with van der Waals surface area (Å²) in [6.07, 6.45) is 4.44. The summed E-state index contributed by atoms with van der Waals surface area (Å²) in [5, 5.41) is 23.4. The molecule has 6 rings (SSSR count). The molecule has 2 aromatic carbocycles. The van der Waals surface area contributed by atoms with Crippen molar-refractivity contribution < 1.29 is 9.90 Å². The molecule has 0 fully saturated rings. The van der Waals surface area contributed by atoms with E-state index in [0.29, 0.717) is 24.3 Å². The van der Waals surface area contributed by atoms with Crippen LogP contribution in [-0.4, -0.2) is 38.9 Å². The molecule has 4 aromatic rings. The van der Waals surface area contributed by atoms with Gasteiger partial charge in [-0.25, -0.2) is 0 Å². The van der Waals surface area contributed by atoms with Crippen LogP contribution in [0.5, 0.6) is 0 Å². The fraction of sp³-hybridized carbons (Fsp3) is 0.111. The maximum Gasteiger partial charge on any atom is 0.256 e. The lowest BCUT2D eigenvalue weighted by molar-refractivity contribution is 0.0794. The number of fused-ring (bicyclic) bond motifs is 2. The minimum Gasteiger partial charge on any atom is -0.398 e. The number of aliphatic hydroxyl groups excluding tert-OH is 1. The van der Waals surface area contributed by atoms with E-state index in [9.17, 15) is 9.90 Å². The Morgan fingerprint density at radius 1 is 1.29 bits per heavy atom. The van der Waals surface area contributed by atoms with Crippen LogP contribution >= 0.6 is 11.3 Å². The van der Waals surface area contributed by atoms with E-state index in [1.165, 1.54) is 0 Å². The van der Waals surface area contributed by atoms with Gasteiger partial charge in [0.15, 0.2) is 0 Å². The Morgan fingerprint density at radius 2 is 2.17 bits per heavy atom. The van der Waals surface area contributed by atoms with Crippen LogP contribution in [0.2, 0.25) is 0 Å². The number of carbonyl (C=O) groups excluding carboxylic acids is 1. The highest BCUT2D eigenvalue weighted by molar-refractivity contribution is 7.13. The summed E-state index contributed by atoms with van der Waals surface area (Å²) in [6.45, 7) is 4.93. The van der Waals surface area contributed by atoms with Crippen molar-refractivity contribution in [1.82, 2.24) is 20.4 Å². The van der Waals surface area contributed by atoms with Crippen molar-refractivity contribution in [3.8, 4) is 21.7 Å². The lowest BCUT2D eigenvalue weighted by Crippen LogP contribution is -2.28. The van der Waals surface area contributed by atoms with E-state index in [1.807, 2.05) is 35.7 Å². The summed E-state index contributed by atoms with van der Waals surface area (Å²) in [6, 6.07) is 14.1. The first-order chi connectivity index (χ1) is 17.0. The van der Waals surface area contributed by atoms with Crippen molar-refractivity contribution in [2.75, 3.05) is 12.3 Å². The topological polar surface area (TPSA) is 107 Å². The Morgan fingerprint density at radius 3 is 2.97 bits per heavy atom. The van der Waals surface area contributed by atoms with Crippen molar-refractivity contribution >= 4 is 33.8 Å². The minimum atomic E-state index is -0.766. The summed E-state index contributed by atoms with van der Waals surface area (Å²) in [5.74, 6) is -0.108. The van der Waals surface area contributed by atoms with Crippen LogP contribution in [0.3, 0.4) is 0 Å². The van der Waals surface area contributed by atoms with Gasteiger partial charge >= 0.3 is 0 Å². The summed E-state index contributed by atoms with van der Waals surface area (Å²) < 4.78 is 0. The number of nitrogens with two attached hydrogens (primary N) is 1. The number of nitrogen functional groups attached to an aromatic ring is 1. The van der Waals surface area contributed by atoms with Crippen LogP contribution in [0.15, 0.2) is 83.9 Å². The van der Waals surface area contributed by atoms with Crippen molar-refractivity contribution in [2.45, 2.75) is 12.8 Å². The fourth-order valence-corrected chi connectivity index (χ4v) is 5.48. The van der Waals surface area contributed by atoms with Crippen LogP contribution in [0.25, 0.3) is 32.6 Å². The number of hydrogen-bond acceptors (Lipinski definition) is 6. The molecule has 0 saturated heterocycles. The highest BCUT2D eigenvalue weighted by Crippen LogP contribution is 2.39. The number of dihydropyridines is 1. The average molecular weight is 482 g/mol. The molecule has 1 unspecified atom stereocenters. The van der Waals surface area contributed by atoms with Gasteiger partial charge in [0.2, 0.25) is 0 Å². The summed E-state index contributed by atoms with van der Waals surface area (Å²) >= 11 is 1.65. The zero-order valence-corrected chi connectivity index (χ0v) is 19.6. The number of aliphatic hydroxyl groups is 1.